The minimum Gasteiger partial charge on any atom is -0.387 e. The van der Waals surface area contributed by atoms with Gasteiger partial charge in [0.2, 0.25) is 0 Å². The molecule has 0 aromatic carbocycles. The molecule has 0 spiro atoms. The first-order valence-corrected chi connectivity index (χ1v) is 3.97. The average Bonchev–Trinajstić information content (AvgIpc) is 2.50. The van der Waals surface area contributed by atoms with Crippen molar-refractivity contribution in [1.82, 2.24) is 4.98 Å². The average molecular weight is 187 g/mol. The molecule has 74 valence electrons. The van der Waals surface area contributed by atoms with Crippen LogP contribution >= 0.6 is 0 Å². The number of H-pyrrole nitrogens is 1. The molecule has 0 aliphatic heterocycles. The van der Waals surface area contributed by atoms with E-state index in [4.69, 9.17) is 15.3 Å². The van der Waals surface area contributed by atoms with E-state index in [1.54, 1.807) is 18.3 Å². The molecule has 5 heteroatoms. The van der Waals surface area contributed by atoms with E-state index in [-0.39, 0.29) is 12.8 Å². The Bertz CT molecular complexity index is 239. The molecule has 1 unspecified atom stereocenters. The van der Waals surface area contributed by atoms with E-state index in [9.17, 15) is 5.11 Å². The van der Waals surface area contributed by atoms with Gasteiger partial charge in [-0.2, -0.15) is 0 Å². The first-order chi connectivity index (χ1) is 5.99. The van der Waals surface area contributed by atoms with Crippen LogP contribution in [0.1, 0.15) is 24.6 Å². The topological polar surface area (TPSA) is 96.7 Å². The predicted octanol–water partition coefficient (Wildman–Crippen LogP) is -0.541. The van der Waals surface area contributed by atoms with Crippen molar-refractivity contribution in [3.8, 4) is 0 Å². The van der Waals surface area contributed by atoms with E-state index in [0.29, 0.717) is 5.69 Å². The zero-order chi connectivity index (χ0) is 9.90. The minimum atomic E-state index is -2.70. The largest absolute Gasteiger partial charge is 0.387 e. The van der Waals surface area contributed by atoms with Gasteiger partial charge in [0.05, 0.1) is 6.10 Å². The normalized spacial score (nSPS) is 14.5. The highest BCUT2D eigenvalue weighted by Gasteiger charge is 2.20. The Hall–Kier alpha value is -0.880. The summed E-state index contributed by atoms with van der Waals surface area (Å²) in [6.45, 7) is 0. The summed E-state index contributed by atoms with van der Waals surface area (Å²) in [5.74, 6) is -2.70. The Balaban J connectivity index is 2.39. The van der Waals surface area contributed by atoms with Crippen molar-refractivity contribution in [2.75, 3.05) is 0 Å². The highest BCUT2D eigenvalue weighted by Crippen LogP contribution is 2.18. The third kappa shape index (κ3) is 3.56. The fourth-order valence-corrected chi connectivity index (χ4v) is 1.04. The van der Waals surface area contributed by atoms with Crippen LogP contribution in [0.15, 0.2) is 18.3 Å². The highest BCUT2D eigenvalue weighted by atomic mass is 16.7. The summed E-state index contributed by atoms with van der Waals surface area (Å²) in [6, 6.07) is 3.40. The van der Waals surface area contributed by atoms with Crippen LogP contribution < -0.4 is 0 Å². The van der Waals surface area contributed by atoms with E-state index in [1.807, 2.05) is 0 Å². The van der Waals surface area contributed by atoms with Crippen molar-refractivity contribution in [2.24, 2.45) is 0 Å². The summed E-state index contributed by atoms with van der Waals surface area (Å²) in [7, 11) is 0. The maximum absolute atomic E-state index is 9.41. The van der Waals surface area contributed by atoms with Crippen molar-refractivity contribution < 1.29 is 20.4 Å². The highest BCUT2D eigenvalue weighted by molar-refractivity contribution is 5.06. The van der Waals surface area contributed by atoms with Crippen molar-refractivity contribution in [1.29, 1.82) is 0 Å². The maximum Gasteiger partial charge on any atom is 0.275 e. The van der Waals surface area contributed by atoms with Crippen LogP contribution in [0.2, 0.25) is 0 Å². The molecule has 1 heterocycles. The Morgan fingerprint density at radius 2 is 2.08 bits per heavy atom. The summed E-state index contributed by atoms with van der Waals surface area (Å²) in [5, 5.41) is 35.1. The number of hydrogen-bond acceptors (Lipinski definition) is 4. The Morgan fingerprint density at radius 1 is 1.38 bits per heavy atom. The van der Waals surface area contributed by atoms with Gasteiger partial charge in [-0.05, 0) is 18.6 Å². The molecule has 0 aliphatic rings. The van der Waals surface area contributed by atoms with Crippen LogP contribution in [0, 0.1) is 0 Å². The molecule has 5 N–H and O–H groups in total. The van der Waals surface area contributed by atoms with Gasteiger partial charge in [0, 0.05) is 18.3 Å². The molecule has 1 aromatic heterocycles. The van der Waals surface area contributed by atoms with Gasteiger partial charge in [-0.15, -0.1) is 0 Å². The molecule has 0 aliphatic carbocycles. The molecule has 0 saturated heterocycles. The lowest BCUT2D eigenvalue weighted by molar-refractivity contribution is -0.316. The summed E-state index contributed by atoms with van der Waals surface area (Å²) in [4.78, 5) is 2.78. The molecule has 5 nitrogen and oxygen atoms in total. The standard InChI is InChI=1S/C8H13NO4/c10-7(3-4-8(11,12)13)6-2-1-5-9-6/h1-2,5,7,9-13H,3-4H2. The zero-order valence-electron chi connectivity index (χ0n) is 7.01. The molecule has 0 bridgehead atoms. The van der Waals surface area contributed by atoms with Gasteiger partial charge < -0.3 is 25.4 Å². The lowest BCUT2D eigenvalue weighted by Crippen LogP contribution is -2.27. The number of aromatic amines is 1. The molecular weight excluding hydrogens is 174 g/mol. The maximum atomic E-state index is 9.41. The van der Waals surface area contributed by atoms with Crippen molar-refractivity contribution >= 4 is 0 Å². The van der Waals surface area contributed by atoms with Crippen molar-refractivity contribution in [3.05, 3.63) is 24.0 Å². The Labute approximate surface area is 75.3 Å². The Kier molecular flexibility index (Phi) is 3.05. The second kappa shape index (κ2) is 3.89. The molecule has 0 amide bonds. The van der Waals surface area contributed by atoms with Crippen LogP contribution in [0.3, 0.4) is 0 Å². The van der Waals surface area contributed by atoms with E-state index < -0.39 is 12.1 Å². The SMILES string of the molecule is OC(CCC(O)(O)O)c1ccc[nH]1. The van der Waals surface area contributed by atoms with E-state index >= 15 is 0 Å². The summed E-state index contributed by atoms with van der Waals surface area (Å²) < 4.78 is 0. The quantitative estimate of drug-likeness (QED) is 0.409. The molecule has 0 saturated carbocycles. The van der Waals surface area contributed by atoms with Gasteiger partial charge in [0.25, 0.3) is 5.97 Å². The third-order valence-electron chi connectivity index (χ3n) is 1.73. The summed E-state index contributed by atoms with van der Waals surface area (Å²) in [5.41, 5.74) is 0.587. The fraction of sp³-hybridized carbons (Fsp3) is 0.500. The summed E-state index contributed by atoms with van der Waals surface area (Å²) >= 11 is 0. The number of aliphatic hydroxyl groups is 4. The van der Waals surface area contributed by atoms with Gasteiger partial charge in [0.15, 0.2) is 0 Å². The van der Waals surface area contributed by atoms with Crippen LogP contribution in [0.25, 0.3) is 0 Å². The molecule has 1 atom stereocenters. The molecule has 1 aromatic rings. The second-order valence-electron chi connectivity index (χ2n) is 2.95. The molecule has 0 radical (unpaired) electrons. The number of nitrogens with one attached hydrogen (secondary N) is 1. The first-order valence-electron chi connectivity index (χ1n) is 3.97. The minimum absolute atomic E-state index is 0.0734. The lowest BCUT2D eigenvalue weighted by atomic mass is 10.1. The smallest absolute Gasteiger partial charge is 0.275 e. The van der Waals surface area contributed by atoms with Gasteiger partial charge >= 0.3 is 0 Å². The molecule has 0 fully saturated rings. The molecular formula is C8H13NO4. The van der Waals surface area contributed by atoms with Gasteiger partial charge in [0.1, 0.15) is 0 Å². The lowest BCUT2D eigenvalue weighted by Gasteiger charge is -2.15. The molecule has 1 rings (SSSR count). The van der Waals surface area contributed by atoms with Gasteiger partial charge in [-0.1, -0.05) is 0 Å². The Morgan fingerprint density at radius 3 is 2.54 bits per heavy atom. The zero-order valence-corrected chi connectivity index (χ0v) is 7.01. The van der Waals surface area contributed by atoms with Crippen LogP contribution in [0.4, 0.5) is 0 Å². The number of hydrogen-bond donors (Lipinski definition) is 5. The van der Waals surface area contributed by atoms with E-state index in [1.165, 1.54) is 0 Å². The number of aromatic nitrogens is 1. The third-order valence-corrected chi connectivity index (χ3v) is 1.73. The van der Waals surface area contributed by atoms with Gasteiger partial charge in [-0.25, -0.2) is 0 Å². The van der Waals surface area contributed by atoms with Crippen molar-refractivity contribution in [3.63, 3.8) is 0 Å². The van der Waals surface area contributed by atoms with Crippen molar-refractivity contribution in [2.45, 2.75) is 24.9 Å². The van der Waals surface area contributed by atoms with E-state index in [2.05, 4.69) is 4.98 Å². The first kappa shape index (κ1) is 10.2. The van der Waals surface area contributed by atoms with E-state index in [0.717, 1.165) is 0 Å². The summed E-state index contributed by atoms with van der Waals surface area (Å²) in [6.07, 6.45) is 0.612. The van der Waals surface area contributed by atoms with Crippen LogP contribution in [-0.2, 0) is 0 Å². The second-order valence-corrected chi connectivity index (χ2v) is 2.95. The van der Waals surface area contributed by atoms with Crippen LogP contribution in [-0.4, -0.2) is 31.4 Å². The van der Waals surface area contributed by atoms with Gasteiger partial charge in [-0.3, -0.25) is 0 Å². The monoisotopic (exact) mass is 187 g/mol. The molecule has 13 heavy (non-hydrogen) atoms. The predicted molar refractivity (Wildman–Crippen MR) is 44.4 cm³/mol. The number of aliphatic hydroxyl groups excluding tert-OH is 1. The number of rotatable bonds is 4. The van der Waals surface area contributed by atoms with Crippen LogP contribution in [0.5, 0.6) is 0 Å². The fourth-order valence-electron chi connectivity index (χ4n) is 1.04.